The number of anilines is 1. The molecule has 5 nitrogen and oxygen atoms in total. The molecule has 0 radical (unpaired) electrons. The molecule has 8 heteroatoms. The fraction of sp³-hybridized carbons (Fsp3) is 0.435. The summed E-state index contributed by atoms with van der Waals surface area (Å²) in [5.74, 6) is -0.454. The lowest BCUT2D eigenvalue weighted by Crippen LogP contribution is -2.45. The van der Waals surface area contributed by atoms with E-state index in [-0.39, 0.29) is 18.7 Å². The number of hydrogen-bond acceptors (Lipinski definition) is 4. The van der Waals surface area contributed by atoms with Crippen molar-refractivity contribution in [1.82, 2.24) is 9.55 Å². The molecule has 0 saturated carbocycles. The first kappa shape index (κ1) is 21.6. The number of fused-ring (bicyclic) bond motifs is 1. The monoisotopic (exact) mass is 433 g/mol. The highest BCUT2D eigenvalue weighted by Gasteiger charge is 2.59. The van der Waals surface area contributed by atoms with Crippen molar-refractivity contribution in [2.45, 2.75) is 51.1 Å². The van der Waals surface area contributed by atoms with Crippen molar-refractivity contribution in [2.75, 3.05) is 18.0 Å². The number of aliphatic hydroxyl groups is 2. The van der Waals surface area contributed by atoms with Gasteiger partial charge in [-0.2, -0.15) is 13.2 Å². The average Bonchev–Trinajstić information content (AvgIpc) is 3.16. The first-order valence-electron chi connectivity index (χ1n) is 10.5. The molecule has 1 saturated heterocycles. The second-order valence-corrected chi connectivity index (χ2v) is 7.96. The fourth-order valence-electron chi connectivity index (χ4n) is 4.33. The van der Waals surface area contributed by atoms with E-state index in [9.17, 15) is 23.4 Å². The number of nitrogens with zero attached hydrogens (tertiary/aromatic N) is 3. The minimum absolute atomic E-state index is 0.225. The molecule has 0 amide bonds. The van der Waals surface area contributed by atoms with Gasteiger partial charge >= 0.3 is 6.18 Å². The number of piperidine rings is 1. The molecular formula is C23H26F3N3O2. The van der Waals surface area contributed by atoms with Gasteiger partial charge in [0.25, 0.3) is 0 Å². The molecule has 1 aliphatic heterocycles. The number of hydrogen-bond donors (Lipinski definition) is 2. The number of rotatable bonds is 5. The first-order chi connectivity index (χ1) is 14.8. The molecule has 0 spiro atoms. The lowest BCUT2D eigenvalue weighted by molar-refractivity contribution is -0.252. The first-order valence-corrected chi connectivity index (χ1v) is 10.5. The number of benzene rings is 2. The molecule has 4 rings (SSSR count). The van der Waals surface area contributed by atoms with Crippen LogP contribution in [0.3, 0.4) is 0 Å². The van der Waals surface area contributed by atoms with Gasteiger partial charge in [-0.15, -0.1) is 0 Å². The molecule has 1 atom stereocenters. The molecule has 31 heavy (non-hydrogen) atoms. The molecule has 1 fully saturated rings. The van der Waals surface area contributed by atoms with Gasteiger partial charge in [-0.3, -0.25) is 0 Å². The van der Waals surface area contributed by atoms with Crippen LogP contribution in [0.25, 0.3) is 11.0 Å². The van der Waals surface area contributed by atoms with Crippen LogP contribution in [0.15, 0.2) is 42.5 Å². The van der Waals surface area contributed by atoms with E-state index >= 15 is 0 Å². The van der Waals surface area contributed by atoms with E-state index in [4.69, 9.17) is 0 Å². The number of aryl methyl sites for hydroxylation is 1. The highest BCUT2D eigenvalue weighted by atomic mass is 19.4. The van der Waals surface area contributed by atoms with E-state index in [2.05, 4.69) is 9.88 Å². The van der Waals surface area contributed by atoms with Gasteiger partial charge in [-0.25, -0.2) is 4.98 Å². The van der Waals surface area contributed by atoms with Gasteiger partial charge in [0.15, 0.2) is 5.82 Å². The van der Waals surface area contributed by atoms with E-state index in [1.807, 2.05) is 12.1 Å². The van der Waals surface area contributed by atoms with Crippen molar-refractivity contribution in [3.05, 3.63) is 59.4 Å². The number of imidazole rings is 1. The molecule has 1 aliphatic rings. The smallest absolute Gasteiger partial charge is 0.392 e. The second-order valence-electron chi connectivity index (χ2n) is 7.96. The third kappa shape index (κ3) is 3.68. The molecule has 166 valence electrons. The van der Waals surface area contributed by atoms with Crippen molar-refractivity contribution in [1.29, 1.82) is 0 Å². The predicted molar refractivity (Wildman–Crippen MR) is 113 cm³/mol. The van der Waals surface area contributed by atoms with Crippen molar-refractivity contribution < 1.29 is 23.4 Å². The number of halogens is 3. The maximum atomic E-state index is 14.3. The van der Waals surface area contributed by atoms with Crippen molar-refractivity contribution in [2.24, 2.45) is 0 Å². The van der Waals surface area contributed by atoms with E-state index in [1.165, 1.54) is 35.3 Å². The van der Waals surface area contributed by atoms with Gasteiger partial charge in [-0.1, -0.05) is 24.3 Å². The molecule has 2 heterocycles. The van der Waals surface area contributed by atoms with Crippen LogP contribution in [0.5, 0.6) is 0 Å². The molecule has 1 unspecified atom stereocenters. The summed E-state index contributed by atoms with van der Waals surface area (Å²) in [5.41, 5.74) is -1.22. The fourth-order valence-corrected chi connectivity index (χ4v) is 4.33. The zero-order chi connectivity index (χ0) is 22.2. The Bertz CT molecular complexity index is 1060. The zero-order valence-corrected chi connectivity index (χ0v) is 17.4. The van der Waals surface area contributed by atoms with E-state index in [0.29, 0.717) is 16.6 Å². The minimum atomic E-state index is -4.99. The van der Waals surface area contributed by atoms with Gasteiger partial charge in [0.1, 0.15) is 0 Å². The molecule has 3 aromatic rings. The van der Waals surface area contributed by atoms with Crippen LogP contribution in [-0.4, -0.2) is 39.0 Å². The Morgan fingerprint density at radius 3 is 2.26 bits per heavy atom. The van der Waals surface area contributed by atoms with Gasteiger partial charge in [0.05, 0.1) is 17.6 Å². The maximum Gasteiger partial charge on any atom is 0.428 e. The van der Waals surface area contributed by atoms with Crippen LogP contribution >= 0.6 is 0 Å². The Hall–Kier alpha value is -2.58. The highest BCUT2D eigenvalue weighted by Crippen LogP contribution is 2.45. The van der Waals surface area contributed by atoms with Crippen molar-refractivity contribution in [3.63, 3.8) is 0 Å². The molecule has 1 aromatic heterocycles. The quantitative estimate of drug-likeness (QED) is 0.629. The third-order valence-corrected chi connectivity index (χ3v) is 6.06. The van der Waals surface area contributed by atoms with Crippen molar-refractivity contribution >= 4 is 16.7 Å². The Kier molecular flexibility index (Phi) is 5.70. The summed E-state index contributed by atoms with van der Waals surface area (Å²) < 4.78 is 44.4. The molecule has 2 aromatic carbocycles. The summed E-state index contributed by atoms with van der Waals surface area (Å²) in [6.07, 6.45) is -1.62. The third-order valence-electron chi connectivity index (χ3n) is 6.06. The van der Waals surface area contributed by atoms with E-state index in [0.717, 1.165) is 31.6 Å². The number of aliphatic hydroxyl groups excluding tert-OH is 1. The van der Waals surface area contributed by atoms with Gasteiger partial charge < -0.3 is 19.7 Å². The summed E-state index contributed by atoms with van der Waals surface area (Å²) in [6.45, 7) is 3.51. The van der Waals surface area contributed by atoms with Gasteiger partial charge in [0.2, 0.25) is 5.60 Å². The van der Waals surface area contributed by atoms with Crippen LogP contribution < -0.4 is 4.90 Å². The Balaban J connectivity index is 1.88. The summed E-state index contributed by atoms with van der Waals surface area (Å²) >= 11 is 0. The largest absolute Gasteiger partial charge is 0.428 e. The standard InChI is InChI=1S/C23H26F3N3O2/c1-2-29-20-14-18(28-12-4-3-5-13-28)10-11-19(20)27-21(29)22(31,23(24,25)26)17-8-6-16(15-30)7-9-17/h6-11,14,30-31H,2-5,12-13,15H2,1H3. The predicted octanol–water partition coefficient (Wildman–Crippen LogP) is 4.34. The van der Waals surface area contributed by atoms with Crippen LogP contribution in [0.2, 0.25) is 0 Å². The summed E-state index contributed by atoms with van der Waals surface area (Å²) in [7, 11) is 0. The molecule has 0 aliphatic carbocycles. The normalized spacial score (nSPS) is 17.2. The lowest BCUT2D eigenvalue weighted by atomic mass is 9.91. The zero-order valence-electron chi connectivity index (χ0n) is 17.4. The Labute approximate surface area is 178 Å². The van der Waals surface area contributed by atoms with Crippen molar-refractivity contribution in [3.8, 4) is 0 Å². The summed E-state index contributed by atoms with van der Waals surface area (Å²) in [5, 5.41) is 20.3. The van der Waals surface area contributed by atoms with E-state index < -0.39 is 17.6 Å². The van der Waals surface area contributed by atoms with Crippen LogP contribution in [0, 0.1) is 0 Å². The molecule has 2 N–H and O–H groups in total. The lowest BCUT2D eigenvalue weighted by Gasteiger charge is -2.31. The van der Waals surface area contributed by atoms with Crippen LogP contribution in [0.4, 0.5) is 18.9 Å². The topological polar surface area (TPSA) is 61.5 Å². The maximum absolute atomic E-state index is 14.3. The number of alkyl halides is 3. The SMILES string of the molecule is CCn1c(C(O)(c2ccc(CO)cc2)C(F)(F)F)nc2ccc(N3CCCCC3)cc21. The molecular weight excluding hydrogens is 407 g/mol. The molecule has 0 bridgehead atoms. The number of aromatic nitrogens is 2. The minimum Gasteiger partial charge on any atom is -0.392 e. The van der Waals surface area contributed by atoms with Gasteiger partial charge in [-0.05, 0) is 49.9 Å². The highest BCUT2D eigenvalue weighted by molar-refractivity contribution is 5.81. The van der Waals surface area contributed by atoms with Gasteiger partial charge in [0, 0.05) is 30.9 Å². The van der Waals surface area contributed by atoms with Crippen LogP contribution in [-0.2, 0) is 18.8 Å². The van der Waals surface area contributed by atoms with E-state index in [1.54, 1.807) is 13.0 Å². The van der Waals surface area contributed by atoms with Crippen LogP contribution in [0.1, 0.15) is 43.1 Å². The Morgan fingerprint density at radius 1 is 1.00 bits per heavy atom. The second kappa shape index (κ2) is 8.16. The average molecular weight is 433 g/mol. The summed E-state index contributed by atoms with van der Waals surface area (Å²) in [4.78, 5) is 6.49. The Morgan fingerprint density at radius 2 is 1.68 bits per heavy atom. The summed E-state index contributed by atoms with van der Waals surface area (Å²) in [6, 6.07) is 10.6.